The SMILES string of the molecule is Cc1occc1C(=O)/C(C#N)=C/c1cccs1. The van der Waals surface area contributed by atoms with Gasteiger partial charge >= 0.3 is 0 Å². The van der Waals surface area contributed by atoms with Crippen LogP contribution in [-0.2, 0) is 0 Å². The Kier molecular flexibility index (Phi) is 3.22. The third-order valence-electron chi connectivity index (χ3n) is 2.30. The van der Waals surface area contributed by atoms with Crippen molar-refractivity contribution in [2.24, 2.45) is 0 Å². The van der Waals surface area contributed by atoms with E-state index in [0.717, 1.165) is 4.88 Å². The zero-order chi connectivity index (χ0) is 12.3. The molecule has 0 aliphatic heterocycles. The summed E-state index contributed by atoms with van der Waals surface area (Å²) in [5, 5.41) is 10.9. The van der Waals surface area contributed by atoms with Gasteiger partial charge < -0.3 is 4.42 Å². The number of carbonyl (C=O) groups excluding carboxylic acids is 1. The summed E-state index contributed by atoms with van der Waals surface area (Å²) < 4.78 is 5.06. The number of hydrogen-bond acceptors (Lipinski definition) is 4. The van der Waals surface area contributed by atoms with E-state index in [4.69, 9.17) is 9.68 Å². The fourth-order valence-corrected chi connectivity index (χ4v) is 2.09. The molecule has 2 aromatic rings. The van der Waals surface area contributed by atoms with Gasteiger partial charge in [-0.1, -0.05) is 6.07 Å². The molecule has 0 aliphatic rings. The molecule has 84 valence electrons. The summed E-state index contributed by atoms with van der Waals surface area (Å²) >= 11 is 1.48. The molecule has 0 unspecified atom stereocenters. The summed E-state index contributed by atoms with van der Waals surface area (Å²) in [6.45, 7) is 1.70. The van der Waals surface area contributed by atoms with E-state index in [1.807, 2.05) is 23.6 Å². The maximum absolute atomic E-state index is 12.0. The maximum Gasteiger partial charge on any atom is 0.207 e. The van der Waals surface area contributed by atoms with Gasteiger partial charge in [-0.2, -0.15) is 5.26 Å². The Labute approximate surface area is 103 Å². The molecule has 0 saturated heterocycles. The van der Waals surface area contributed by atoms with E-state index in [1.54, 1.807) is 19.1 Å². The van der Waals surface area contributed by atoms with E-state index < -0.39 is 0 Å². The largest absolute Gasteiger partial charge is 0.469 e. The Hall–Kier alpha value is -2.12. The number of Topliss-reactive ketones (excluding diaryl/α,β-unsaturated/α-hetero) is 1. The molecule has 17 heavy (non-hydrogen) atoms. The van der Waals surface area contributed by atoms with Crippen molar-refractivity contribution in [3.8, 4) is 6.07 Å². The molecule has 2 rings (SSSR count). The molecule has 2 heterocycles. The van der Waals surface area contributed by atoms with Gasteiger partial charge in [0.15, 0.2) is 0 Å². The maximum atomic E-state index is 12.0. The van der Waals surface area contributed by atoms with Crippen molar-refractivity contribution in [3.63, 3.8) is 0 Å². The van der Waals surface area contributed by atoms with Crippen LogP contribution in [0.4, 0.5) is 0 Å². The average molecular weight is 243 g/mol. The molecule has 0 fully saturated rings. The van der Waals surface area contributed by atoms with Gasteiger partial charge in [0, 0.05) is 4.88 Å². The number of allylic oxidation sites excluding steroid dienone is 1. The first-order chi connectivity index (χ1) is 8.22. The van der Waals surface area contributed by atoms with Gasteiger partial charge in [0.1, 0.15) is 17.4 Å². The van der Waals surface area contributed by atoms with Crippen LogP contribution in [0.3, 0.4) is 0 Å². The van der Waals surface area contributed by atoms with Crippen molar-refractivity contribution < 1.29 is 9.21 Å². The molecule has 4 heteroatoms. The molecule has 0 amide bonds. The number of aryl methyl sites for hydroxylation is 1. The van der Waals surface area contributed by atoms with Gasteiger partial charge in [-0.25, -0.2) is 0 Å². The fourth-order valence-electron chi connectivity index (χ4n) is 1.43. The van der Waals surface area contributed by atoms with Crippen LogP contribution in [0.2, 0.25) is 0 Å². The van der Waals surface area contributed by atoms with E-state index in [2.05, 4.69) is 0 Å². The Morgan fingerprint density at radius 3 is 2.88 bits per heavy atom. The number of rotatable bonds is 3. The second-order valence-corrected chi connectivity index (χ2v) is 4.38. The molecule has 0 aliphatic carbocycles. The molecule has 0 aromatic carbocycles. The highest BCUT2D eigenvalue weighted by atomic mass is 32.1. The minimum absolute atomic E-state index is 0.122. The van der Waals surface area contributed by atoms with E-state index in [1.165, 1.54) is 17.6 Å². The van der Waals surface area contributed by atoms with Crippen LogP contribution in [-0.4, -0.2) is 5.78 Å². The molecule has 0 saturated carbocycles. The van der Waals surface area contributed by atoms with Gasteiger partial charge in [0.05, 0.1) is 11.8 Å². The summed E-state index contributed by atoms with van der Waals surface area (Å²) in [6, 6.07) is 7.25. The summed E-state index contributed by atoms with van der Waals surface area (Å²) in [4.78, 5) is 12.9. The highest BCUT2D eigenvalue weighted by Crippen LogP contribution is 2.18. The van der Waals surface area contributed by atoms with Gasteiger partial charge in [-0.3, -0.25) is 4.79 Å². The van der Waals surface area contributed by atoms with Crippen LogP contribution in [0.5, 0.6) is 0 Å². The molecular formula is C13H9NO2S. The molecule has 0 radical (unpaired) electrons. The summed E-state index contributed by atoms with van der Waals surface area (Å²) in [5.41, 5.74) is 0.561. The zero-order valence-corrected chi connectivity index (χ0v) is 9.95. The minimum Gasteiger partial charge on any atom is -0.469 e. The number of hydrogen-bond donors (Lipinski definition) is 0. The number of furan rings is 1. The van der Waals surface area contributed by atoms with E-state index >= 15 is 0 Å². The van der Waals surface area contributed by atoms with Crippen LogP contribution < -0.4 is 0 Å². The van der Waals surface area contributed by atoms with E-state index in [9.17, 15) is 4.79 Å². The standard InChI is InChI=1S/C13H9NO2S/c1-9-12(4-5-16-9)13(15)10(8-14)7-11-3-2-6-17-11/h2-7H,1H3/b10-7+. The molecule has 0 bridgehead atoms. The summed E-state index contributed by atoms with van der Waals surface area (Å²) in [5.74, 6) is 0.231. The lowest BCUT2D eigenvalue weighted by Gasteiger charge is -1.96. The minimum atomic E-state index is -0.299. The third kappa shape index (κ3) is 2.35. The van der Waals surface area contributed by atoms with Crippen molar-refractivity contribution >= 4 is 23.2 Å². The predicted molar refractivity (Wildman–Crippen MR) is 65.7 cm³/mol. The van der Waals surface area contributed by atoms with Crippen LogP contribution in [0.1, 0.15) is 21.0 Å². The van der Waals surface area contributed by atoms with Crippen LogP contribution in [0.25, 0.3) is 6.08 Å². The summed E-state index contributed by atoms with van der Waals surface area (Å²) in [6.07, 6.45) is 3.04. The second-order valence-electron chi connectivity index (χ2n) is 3.40. The molecular weight excluding hydrogens is 234 g/mol. The predicted octanol–water partition coefficient (Wildman–Crippen LogP) is 3.44. The van der Waals surface area contributed by atoms with Crippen molar-refractivity contribution in [2.75, 3.05) is 0 Å². The van der Waals surface area contributed by atoms with Gasteiger partial charge in [-0.15, -0.1) is 11.3 Å². The molecule has 0 spiro atoms. The normalized spacial score (nSPS) is 11.2. The van der Waals surface area contributed by atoms with Crippen molar-refractivity contribution in [2.45, 2.75) is 6.92 Å². The molecule has 0 atom stereocenters. The molecule has 0 N–H and O–H groups in total. The highest BCUT2D eigenvalue weighted by Gasteiger charge is 2.16. The number of carbonyl (C=O) groups is 1. The van der Waals surface area contributed by atoms with E-state index in [0.29, 0.717) is 11.3 Å². The van der Waals surface area contributed by atoms with Crippen LogP contribution in [0, 0.1) is 18.3 Å². The molecule has 3 nitrogen and oxygen atoms in total. The Bertz CT molecular complexity index is 600. The second kappa shape index (κ2) is 4.81. The smallest absolute Gasteiger partial charge is 0.207 e. The summed E-state index contributed by atoms with van der Waals surface area (Å²) in [7, 11) is 0. The average Bonchev–Trinajstić information content (AvgIpc) is 2.96. The number of thiophene rings is 1. The number of nitrogens with zero attached hydrogens (tertiary/aromatic N) is 1. The van der Waals surface area contributed by atoms with Crippen LogP contribution in [0.15, 0.2) is 39.8 Å². The lowest BCUT2D eigenvalue weighted by molar-refractivity contribution is 0.103. The first kappa shape index (κ1) is 11.4. The lowest BCUT2D eigenvalue weighted by atomic mass is 10.0. The Balaban J connectivity index is 2.36. The fraction of sp³-hybridized carbons (Fsp3) is 0.0769. The van der Waals surface area contributed by atoms with Gasteiger partial charge in [-0.05, 0) is 30.5 Å². The first-order valence-corrected chi connectivity index (χ1v) is 5.84. The monoisotopic (exact) mass is 243 g/mol. The van der Waals surface area contributed by atoms with Gasteiger partial charge in [0.25, 0.3) is 0 Å². The molecule has 2 aromatic heterocycles. The topological polar surface area (TPSA) is 54.0 Å². The van der Waals surface area contributed by atoms with Crippen molar-refractivity contribution in [1.82, 2.24) is 0 Å². The van der Waals surface area contributed by atoms with Crippen molar-refractivity contribution in [3.05, 3.63) is 51.6 Å². The van der Waals surface area contributed by atoms with Crippen LogP contribution >= 0.6 is 11.3 Å². The van der Waals surface area contributed by atoms with Gasteiger partial charge in [0.2, 0.25) is 5.78 Å². The Morgan fingerprint density at radius 2 is 2.35 bits per heavy atom. The number of nitriles is 1. The van der Waals surface area contributed by atoms with E-state index in [-0.39, 0.29) is 11.4 Å². The van der Waals surface area contributed by atoms with Crippen molar-refractivity contribution in [1.29, 1.82) is 5.26 Å². The quantitative estimate of drug-likeness (QED) is 0.471. The third-order valence-corrected chi connectivity index (χ3v) is 3.12. The lowest BCUT2D eigenvalue weighted by Crippen LogP contribution is -2.01. The number of ketones is 1. The zero-order valence-electron chi connectivity index (χ0n) is 9.14. The first-order valence-electron chi connectivity index (χ1n) is 4.96. The Morgan fingerprint density at radius 1 is 1.53 bits per heavy atom. The highest BCUT2D eigenvalue weighted by molar-refractivity contribution is 7.10.